The van der Waals surface area contributed by atoms with Crippen LogP contribution in [0.4, 0.5) is 5.95 Å². The molecule has 0 atom stereocenters. The van der Waals surface area contributed by atoms with E-state index in [4.69, 9.17) is 4.74 Å². The summed E-state index contributed by atoms with van der Waals surface area (Å²) >= 11 is 0. The molecule has 1 heterocycles. The third-order valence-corrected chi connectivity index (χ3v) is 3.16. The van der Waals surface area contributed by atoms with Crippen molar-refractivity contribution >= 4 is 11.7 Å². The van der Waals surface area contributed by atoms with Crippen LogP contribution >= 0.6 is 0 Å². The predicted molar refractivity (Wildman–Crippen MR) is 94.1 cm³/mol. The second kappa shape index (κ2) is 7.72. The molecule has 2 aromatic rings. The maximum absolute atomic E-state index is 5.68. The fraction of sp³-hybridized carbons (Fsp3) is 0.389. The summed E-state index contributed by atoms with van der Waals surface area (Å²) in [6.45, 7) is 10.8. The fourth-order valence-electron chi connectivity index (χ4n) is 2.03. The number of hydrazone groups is 1. The summed E-state index contributed by atoms with van der Waals surface area (Å²) in [4.78, 5) is 8.61. The van der Waals surface area contributed by atoms with E-state index in [9.17, 15) is 0 Å². The molecule has 0 amide bonds. The average molecular weight is 312 g/mol. The topological polar surface area (TPSA) is 59.4 Å². The number of ether oxygens (including phenoxy) is 1. The molecule has 5 heteroatoms. The first-order chi connectivity index (χ1) is 10.9. The van der Waals surface area contributed by atoms with E-state index in [1.807, 2.05) is 51.1 Å². The van der Waals surface area contributed by atoms with Gasteiger partial charge < -0.3 is 4.74 Å². The standard InChI is InChI=1S/C18H24N4O/c1-12(2)11-23-17-8-6-16(7-9-17)15(5)21-22-18-19-13(3)10-14(4)20-18/h6-10,12H,11H2,1-5H3,(H,19,20,22)/b21-15-. The fourth-order valence-corrected chi connectivity index (χ4v) is 2.03. The lowest BCUT2D eigenvalue weighted by Crippen LogP contribution is -2.05. The highest BCUT2D eigenvalue weighted by Gasteiger charge is 2.02. The van der Waals surface area contributed by atoms with Gasteiger partial charge in [-0.05, 0) is 62.6 Å². The van der Waals surface area contributed by atoms with Gasteiger partial charge in [-0.15, -0.1) is 0 Å². The number of hydrogen-bond donors (Lipinski definition) is 1. The van der Waals surface area contributed by atoms with Crippen molar-refractivity contribution in [3.05, 3.63) is 47.3 Å². The van der Waals surface area contributed by atoms with Gasteiger partial charge in [0.15, 0.2) is 0 Å². The van der Waals surface area contributed by atoms with Gasteiger partial charge in [-0.1, -0.05) is 13.8 Å². The van der Waals surface area contributed by atoms with Gasteiger partial charge >= 0.3 is 0 Å². The zero-order chi connectivity index (χ0) is 16.8. The van der Waals surface area contributed by atoms with E-state index in [0.717, 1.165) is 35.0 Å². The van der Waals surface area contributed by atoms with E-state index in [-0.39, 0.29) is 0 Å². The molecular formula is C18H24N4O. The molecule has 122 valence electrons. The highest BCUT2D eigenvalue weighted by atomic mass is 16.5. The van der Waals surface area contributed by atoms with Crippen LogP contribution < -0.4 is 10.2 Å². The van der Waals surface area contributed by atoms with Gasteiger partial charge in [0.05, 0.1) is 12.3 Å². The summed E-state index contributed by atoms with van der Waals surface area (Å²) < 4.78 is 5.68. The second-order valence-electron chi connectivity index (χ2n) is 6.01. The molecule has 23 heavy (non-hydrogen) atoms. The monoisotopic (exact) mass is 312 g/mol. The highest BCUT2D eigenvalue weighted by Crippen LogP contribution is 2.14. The minimum atomic E-state index is 0.513. The van der Waals surface area contributed by atoms with Crippen molar-refractivity contribution in [1.82, 2.24) is 9.97 Å². The lowest BCUT2D eigenvalue weighted by Gasteiger charge is -2.09. The molecule has 0 radical (unpaired) electrons. The van der Waals surface area contributed by atoms with Crippen molar-refractivity contribution in [1.29, 1.82) is 0 Å². The Morgan fingerprint density at radius 2 is 1.74 bits per heavy atom. The first-order valence-corrected chi connectivity index (χ1v) is 7.80. The molecule has 0 spiro atoms. The SMILES string of the molecule is C/C(=N/Nc1nc(C)cc(C)n1)c1ccc(OCC(C)C)cc1. The molecule has 0 bridgehead atoms. The van der Waals surface area contributed by atoms with Crippen LogP contribution in [0.3, 0.4) is 0 Å². The van der Waals surface area contributed by atoms with Crippen molar-refractivity contribution in [2.75, 3.05) is 12.0 Å². The van der Waals surface area contributed by atoms with Gasteiger partial charge in [0.1, 0.15) is 5.75 Å². The molecule has 0 unspecified atom stereocenters. The number of hydrogen-bond acceptors (Lipinski definition) is 5. The summed E-state index contributed by atoms with van der Waals surface area (Å²) in [6.07, 6.45) is 0. The Hall–Kier alpha value is -2.43. The van der Waals surface area contributed by atoms with Crippen LogP contribution in [0.15, 0.2) is 35.4 Å². The predicted octanol–water partition coefficient (Wildman–Crippen LogP) is 3.96. The van der Waals surface area contributed by atoms with Crippen molar-refractivity contribution < 1.29 is 4.74 Å². The number of aromatic nitrogens is 2. The molecule has 2 rings (SSSR count). The van der Waals surface area contributed by atoms with Crippen LogP contribution in [0.25, 0.3) is 0 Å². The number of nitrogens with zero attached hydrogens (tertiary/aromatic N) is 3. The van der Waals surface area contributed by atoms with Gasteiger partial charge in [0.25, 0.3) is 0 Å². The Bertz CT molecular complexity index is 658. The third kappa shape index (κ3) is 5.36. The van der Waals surface area contributed by atoms with Crippen molar-refractivity contribution in [2.45, 2.75) is 34.6 Å². The summed E-state index contributed by atoms with van der Waals surface area (Å²) in [7, 11) is 0. The number of anilines is 1. The normalized spacial score (nSPS) is 11.7. The van der Waals surface area contributed by atoms with Crippen LogP contribution in [0.5, 0.6) is 5.75 Å². The van der Waals surface area contributed by atoms with Gasteiger partial charge in [0, 0.05) is 11.4 Å². The van der Waals surface area contributed by atoms with Gasteiger partial charge in [-0.3, -0.25) is 0 Å². The average Bonchev–Trinajstić information content (AvgIpc) is 2.50. The molecule has 0 aliphatic heterocycles. The minimum Gasteiger partial charge on any atom is -0.493 e. The Morgan fingerprint density at radius 3 is 2.30 bits per heavy atom. The second-order valence-corrected chi connectivity index (χ2v) is 6.01. The molecule has 1 N–H and O–H groups in total. The molecule has 5 nitrogen and oxygen atoms in total. The maximum Gasteiger partial charge on any atom is 0.243 e. The highest BCUT2D eigenvalue weighted by molar-refractivity contribution is 5.99. The van der Waals surface area contributed by atoms with Gasteiger partial charge in [-0.25, -0.2) is 15.4 Å². The van der Waals surface area contributed by atoms with Gasteiger partial charge in [-0.2, -0.15) is 5.10 Å². The maximum atomic E-state index is 5.68. The van der Waals surface area contributed by atoms with Crippen molar-refractivity contribution in [3.8, 4) is 5.75 Å². The summed E-state index contributed by atoms with van der Waals surface area (Å²) in [6, 6.07) is 9.85. The number of aryl methyl sites for hydroxylation is 2. The summed E-state index contributed by atoms with van der Waals surface area (Å²) in [5, 5.41) is 4.35. The number of rotatable bonds is 6. The molecule has 0 saturated heterocycles. The van der Waals surface area contributed by atoms with E-state index < -0.39 is 0 Å². The number of benzene rings is 1. The first kappa shape index (κ1) is 16.9. The van der Waals surface area contributed by atoms with Crippen molar-refractivity contribution in [3.63, 3.8) is 0 Å². The molecular weight excluding hydrogens is 288 g/mol. The van der Waals surface area contributed by atoms with Crippen LogP contribution in [0, 0.1) is 19.8 Å². The summed E-state index contributed by atoms with van der Waals surface area (Å²) in [5.74, 6) is 1.90. The lowest BCUT2D eigenvalue weighted by molar-refractivity contribution is 0.271. The lowest BCUT2D eigenvalue weighted by atomic mass is 10.1. The molecule has 0 fully saturated rings. The Balaban J connectivity index is 2.02. The Morgan fingerprint density at radius 1 is 1.13 bits per heavy atom. The minimum absolute atomic E-state index is 0.513. The molecule has 0 saturated carbocycles. The largest absolute Gasteiger partial charge is 0.493 e. The molecule has 1 aromatic carbocycles. The molecule has 0 aliphatic carbocycles. The third-order valence-electron chi connectivity index (χ3n) is 3.16. The van der Waals surface area contributed by atoms with Crippen LogP contribution in [-0.4, -0.2) is 22.3 Å². The Labute approximate surface area is 137 Å². The van der Waals surface area contributed by atoms with E-state index in [1.54, 1.807) is 0 Å². The van der Waals surface area contributed by atoms with E-state index in [2.05, 4.69) is 34.3 Å². The molecule has 0 aliphatic rings. The van der Waals surface area contributed by atoms with Gasteiger partial charge in [0.2, 0.25) is 5.95 Å². The smallest absolute Gasteiger partial charge is 0.243 e. The van der Waals surface area contributed by atoms with Crippen LogP contribution in [0.2, 0.25) is 0 Å². The molecule has 1 aromatic heterocycles. The van der Waals surface area contributed by atoms with Crippen LogP contribution in [0.1, 0.15) is 37.7 Å². The van der Waals surface area contributed by atoms with E-state index in [0.29, 0.717) is 11.9 Å². The van der Waals surface area contributed by atoms with E-state index in [1.165, 1.54) is 0 Å². The Kier molecular flexibility index (Phi) is 5.68. The first-order valence-electron chi connectivity index (χ1n) is 7.80. The number of nitrogens with one attached hydrogen (secondary N) is 1. The van der Waals surface area contributed by atoms with Crippen molar-refractivity contribution in [2.24, 2.45) is 11.0 Å². The quantitative estimate of drug-likeness (QED) is 0.648. The zero-order valence-electron chi connectivity index (χ0n) is 14.4. The zero-order valence-corrected chi connectivity index (χ0v) is 14.4. The summed E-state index contributed by atoms with van der Waals surface area (Å²) in [5.41, 5.74) is 6.64. The van der Waals surface area contributed by atoms with Crippen LogP contribution in [-0.2, 0) is 0 Å². The van der Waals surface area contributed by atoms with E-state index >= 15 is 0 Å².